The van der Waals surface area contributed by atoms with Crippen LogP contribution in [0.25, 0.3) is 6.08 Å². The molecule has 82 valence electrons. The van der Waals surface area contributed by atoms with Gasteiger partial charge in [-0.3, -0.25) is 4.79 Å². The predicted molar refractivity (Wildman–Crippen MR) is 61.8 cm³/mol. The average molecular weight is 215 g/mol. The second-order valence-electron chi connectivity index (χ2n) is 4.37. The van der Waals surface area contributed by atoms with Gasteiger partial charge in [0.15, 0.2) is 0 Å². The maximum absolute atomic E-state index is 11.6. The van der Waals surface area contributed by atoms with Gasteiger partial charge in [0.05, 0.1) is 11.3 Å². The number of H-pyrrole nitrogens is 1. The van der Waals surface area contributed by atoms with Crippen LogP contribution in [-0.4, -0.2) is 16.6 Å². The van der Waals surface area contributed by atoms with Crippen molar-refractivity contribution in [1.29, 1.82) is 0 Å². The fourth-order valence-electron chi connectivity index (χ4n) is 1.92. The Kier molecular flexibility index (Phi) is 1.96. The first kappa shape index (κ1) is 9.39. The molecule has 4 nitrogen and oxygen atoms in total. The number of hydrogen-bond donors (Lipinski definition) is 2. The summed E-state index contributed by atoms with van der Waals surface area (Å²) in [6, 6.07) is 3.96. The summed E-state index contributed by atoms with van der Waals surface area (Å²) < 4.78 is 0. The lowest BCUT2D eigenvalue weighted by Gasteiger charge is -1.97. The molecule has 0 bridgehead atoms. The highest BCUT2D eigenvalue weighted by molar-refractivity contribution is 6.28. The van der Waals surface area contributed by atoms with Gasteiger partial charge in [-0.15, -0.1) is 0 Å². The van der Waals surface area contributed by atoms with E-state index in [2.05, 4.69) is 15.5 Å². The van der Waals surface area contributed by atoms with Gasteiger partial charge in [-0.1, -0.05) is 0 Å². The Morgan fingerprint density at radius 2 is 2.25 bits per heavy atom. The lowest BCUT2D eigenvalue weighted by Crippen LogP contribution is -2.13. The zero-order valence-corrected chi connectivity index (χ0v) is 9.08. The summed E-state index contributed by atoms with van der Waals surface area (Å²) in [6.07, 6.45) is 4.18. The van der Waals surface area contributed by atoms with E-state index >= 15 is 0 Å². The van der Waals surface area contributed by atoms with Crippen LogP contribution in [-0.2, 0) is 4.79 Å². The van der Waals surface area contributed by atoms with Gasteiger partial charge in [-0.2, -0.15) is 5.10 Å². The van der Waals surface area contributed by atoms with E-state index in [1.165, 1.54) is 0 Å². The van der Waals surface area contributed by atoms with Crippen LogP contribution in [0, 0.1) is 12.8 Å². The van der Waals surface area contributed by atoms with Gasteiger partial charge in [-0.25, -0.2) is 5.43 Å². The standard InChI is InChI=1S/C12H13N3O/c1-7-2-5-9(13-7)6-10-11(8-3-4-8)14-15-12(10)16/h2,5-6,8,13H,3-4H2,1H3,(H,15,16). The quantitative estimate of drug-likeness (QED) is 0.723. The first-order chi connectivity index (χ1) is 7.74. The molecular weight excluding hydrogens is 202 g/mol. The first-order valence-corrected chi connectivity index (χ1v) is 5.49. The number of carbonyl (C=O) groups is 1. The Bertz CT molecular complexity index is 506. The van der Waals surface area contributed by atoms with Gasteiger partial charge in [0.25, 0.3) is 5.91 Å². The number of nitrogens with zero attached hydrogens (tertiary/aromatic N) is 1. The zero-order chi connectivity index (χ0) is 11.1. The SMILES string of the molecule is Cc1ccc(C=C2C(=O)NN=C2C2CC2)[nH]1. The summed E-state index contributed by atoms with van der Waals surface area (Å²) in [5.41, 5.74) is 6.22. The maximum atomic E-state index is 11.6. The molecule has 1 aromatic heterocycles. The average Bonchev–Trinajstić information content (AvgIpc) is 2.93. The highest BCUT2D eigenvalue weighted by Crippen LogP contribution is 2.35. The second kappa shape index (κ2) is 3.33. The van der Waals surface area contributed by atoms with E-state index in [1.54, 1.807) is 0 Å². The molecule has 2 N–H and O–H groups in total. The minimum absolute atomic E-state index is 0.0887. The smallest absolute Gasteiger partial charge is 0.273 e. The molecule has 1 fully saturated rings. The number of aromatic nitrogens is 1. The summed E-state index contributed by atoms with van der Waals surface area (Å²) >= 11 is 0. The van der Waals surface area contributed by atoms with Crippen LogP contribution in [0.3, 0.4) is 0 Å². The minimum Gasteiger partial charge on any atom is -0.359 e. The lowest BCUT2D eigenvalue weighted by molar-refractivity contribution is -0.116. The monoisotopic (exact) mass is 215 g/mol. The molecule has 16 heavy (non-hydrogen) atoms. The highest BCUT2D eigenvalue weighted by Gasteiger charge is 2.35. The Balaban J connectivity index is 1.94. The maximum Gasteiger partial charge on any atom is 0.273 e. The van der Waals surface area contributed by atoms with Crippen molar-refractivity contribution in [2.45, 2.75) is 19.8 Å². The fourth-order valence-corrected chi connectivity index (χ4v) is 1.92. The summed E-state index contributed by atoms with van der Waals surface area (Å²) in [5.74, 6) is 0.399. The van der Waals surface area contributed by atoms with E-state index in [9.17, 15) is 4.79 Å². The predicted octanol–water partition coefficient (Wildman–Crippen LogP) is 1.60. The largest absolute Gasteiger partial charge is 0.359 e. The normalized spacial score (nSPS) is 22.4. The van der Waals surface area contributed by atoms with Crippen LogP contribution < -0.4 is 5.43 Å². The number of carbonyl (C=O) groups excluding carboxylic acids is 1. The molecule has 0 unspecified atom stereocenters. The number of amides is 1. The molecular formula is C12H13N3O. The molecule has 4 heteroatoms. The third kappa shape index (κ3) is 1.56. The summed E-state index contributed by atoms with van der Waals surface area (Å²) in [5, 5.41) is 4.10. The molecule has 0 spiro atoms. The number of aryl methyl sites for hydroxylation is 1. The van der Waals surface area contributed by atoms with Crippen LogP contribution in [0.2, 0.25) is 0 Å². The van der Waals surface area contributed by atoms with Crippen LogP contribution in [0.15, 0.2) is 22.8 Å². The van der Waals surface area contributed by atoms with Crippen molar-refractivity contribution in [3.05, 3.63) is 29.1 Å². The molecule has 2 heterocycles. The lowest BCUT2D eigenvalue weighted by atomic mass is 10.1. The molecule has 3 rings (SSSR count). The molecule has 0 saturated heterocycles. The van der Waals surface area contributed by atoms with Crippen molar-refractivity contribution >= 4 is 17.7 Å². The van der Waals surface area contributed by atoms with Crippen molar-refractivity contribution in [2.24, 2.45) is 11.0 Å². The molecule has 1 amide bonds. The third-order valence-corrected chi connectivity index (χ3v) is 2.92. The van der Waals surface area contributed by atoms with E-state index in [0.29, 0.717) is 11.5 Å². The molecule has 1 aromatic rings. The Labute approximate surface area is 93.4 Å². The Hall–Kier alpha value is -1.84. The van der Waals surface area contributed by atoms with Crippen molar-refractivity contribution < 1.29 is 4.79 Å². The number of hydrazone groups is 1. The van der Waals surface area contributed by atoms with Gasteiger partial charge < -0.3 is 4.98 Å². The molecule has 0 radical (unpaired) electrons. The summed E-state index contributed by atoms with van der Waals surface area (Å²) in [4.78, 5) is 14.8. The van der Waals surface area contributed by atoms with E-state index in [1.807, 2.05) is 25.1 Å². The van der Waals surface area contributed by atoms with Gasteiger partial charge in [0.2, 0.25) is 0 Å². The molecule has 1 saturated carbocycles. The Morgan fingerprint density at radius 3 is 2.88 bits per heavy atom. The number of hydrogen-bond acceptors (Lipinski definition) is 2. The molecule has 2 aliphatic rings. The van der Waals surface area contributed by atoms with Crippen molar-refractivity contribution in [2.75, 3.05) is 0 Å². The summed E-state index contributed by atoms with van der Waals surface area (Å²) in [6.45, 7) is 1.99. The third-order valence-electron chi connectivity index (χ3n) is 2.92. The first-order valence-electron chi connectivity index (χ1n) is 5.49. The zero-order valence-electron chi connectivity index (χ0n) is 9.08. The molecule has 1 aliphatic carbocycles. The van der Waals surface area contributed by atoms with Crippen LogP contribution >= 0.6 is 0 Å². The number of nitrogens with one attached hydrogen (secondary N) is 2. The van der Waals surface area contributed by atoms with Crippen LogP contribution in [0.5, 0.6) is 0 Å². The number of rotatable bonds is 2. The van der Waals surface area contributed by atoms with Crippen LogP contribution in [0.4, 0.5) is 0 Å². The second-order valence-corrected chi connectivity index (χ2v) is 4.37. The van der Waals surface area contributed by atoms with Gasteiger partial charge >= 0.3 is 0 Å². The van der Waals surface area contributed by atoms with Gasteiger partial charge in [0.1, 0.15) is 0 Å². The highest BCUT2D eigenvalue weighted by atomic mass is 16.2. The van der Waals surface area contributed by atoms with Crippen molar-refractivity contribution in [3.63, 3.8) is 0 Å². The fraction of sp³-hybridized carbons (Fsp3) is 0.333. The van der Waals surface area contributed by atoms with Gasteiger partial charge in [-0.05, 0) is 38.0 Å². The van der Waals surface area contributed by atoms with Gasteiger partial charge in [0, 0.05) is 17.3 Å². The Morgan fingerprint density at radius 1 is 1.44 bits per heavy atom. The molecule has 0 aromatic carbocycles. The topological polar surface area (TPSA) is 57.2 Å². The van der Waals surface area contributed by atoms with E-state index < -0.39 is 0 Å². The summed E-state index contributed by atoms with van der Waals surface area (Å²) in [7, 11) is 0. The van der Waals surface area contributed by atoms with Crippen LogP contribution in [0.1, 0.15) is 24.2 Å². The minimum atomic E-state index is -0.0887. The molecule has 0 atom stereocenters. The van der Waals surface area contributed by atoms with Crippen molar-refractivity contribution in [1.82, 2.24) is 10.4 Å². The molecule has 1 aliphatic heterocycles. The van der Waals surface area contributed by atoms with E-state index in [0.717, 1.165) is 29.9 Å². The number of aromatic amines is 1. The van der Waals surface area contributed by atoms with E-state index in [4.69, 9.17) is 0 Å². The van der Waals surface area contributed by atoms with Crippen molar-refractivity contribution in [3.8, 4) is 0 Å². The van der Waals surface area contributed by atoms with E-state index in [-0.39, 0.29) is 5.91 Å².